The third-order valence-electron chi connectivity index (χ3n) is 5.90. The fraction of sp³-hybridized carbons (Fsp3) is 0. The molecule has 30 heavy (non-hydrogen) atoms. The van der Waals surface area contributed by atoms with E-state index in [2.05, 4.69) is 81.2 Å². The number of fused-ring (bicyclic) bond motifs is 7. The Morgan fingerprint density at radius 3 is 2.27 bits per heavy atom. The fourth-order valence-corrected chi connectivity index (χ4v) is 4.94. The van der Waals surface area contributed by atoms with Crippen LogP contribution in [0.4, 0.5) is 0 Å². The molecule has 0 aliphatic heterocycles. The van der Waals surface area contributed by atoms with E-state index in [4.69, 9.17) is 8.83 Å². The van der Waals surface area contributed by atoms with Gasteiger partial charge >= 0.3 is 0 Å². The van der Waals surface area contributed by atoms with Gasteiger partial charge in [-0.15, -0.1) is 0 Å². The summed E-state index contributed by atoms with van der Waals surface area (Å²) in [7, 11) is 0. The zero-order chi connectivity index (χ0) is 19.8. The summed E-state index contributed by atoms with van der Waals surface area (Å²) in [6, 6.07) is 29.5. The Kier molecular flexibility index (Phi) is 3.14. The molecule has 3 nitrogen and oxygen atoms in total. The van der Waals surface area contributed by atoms with E-state index in [-0.39, 0.29) is 0 Å². The molecule has 0 atom stereocenters. The van der Waals surface area contributed by atoms with E-state index < -0.39 is 0 Å². The molecule has 0 radical (unpaired) electrons. The molecule has 3 heterocycles. The van der Waals surface area contributed by atoms with Crippen LogP contribution in [-0.2, 0) is 0 Å². The van der Waals surface area contributed by atoms with Crippen LogP contribution in [-0.4, -0.2) is 4.57 Å². The Balaban J connectivity index is 1.63. The minimum atomic E-state index is 0.728. The molecule has 0 saturated heterocycles. The predicted molar refractivity (Wildman–Crippen MR) is 126 cm³/mol. The topological polar surface area (TPSA) is 31.2 Å². The summed E-state index contributed by atoms with van der Waals surface area (Å²) in [4.78, 5) is 0. The highest BCUT2D eigenvalue weighted by Gasteiger charge is 2.18. The number of aromatic nitrogens is 1. The number of rotatable bonds is 1. The van der Waals surface area contributed by atoms with Crippen LogP contribution in [0.25, 0.3) is 60.4 Å². The van der Waals surface area contributed by atoms with E-state index in [1.54, 1.807) is 0 Å². The van der Waals surface area contributed by atoms with Crippen LogP contribution in [0.1, 0.15) is 0 Å². The smallest absolute Gasteiger partial charge is 0.213 e. The molecule has 0 fully saturated rings. The summed E-state index contributed by atoms with van der Waals surface area (Å²) in [6.45, 7) is 0. The van der Waals surface area contributed by atoms with E-state index in [1.807, 2.05) is 24.3 Å². The van der Waals surface area contributed by atoms with Gasteiger partial charge in [-0.2, -0.15) is 0 Å². The van der Waals surface area contributed by atoms with Crippen molar-refractivity contribution in [3.05, 3.63) is 89.6 Å². The van der Waals surface area contributed by atoms with Gasteiger partial charge in [-0.05, 0) is 63.1 Å². The van der Waals surface area contributed by atoms with E-state index in [0.717, 1.165) is 48.9 Å². The minimum Gasteiger partial charge on any atom is -0.456 e. The maximum atomic E-state index is 6.10. The van der Waals surface area contributed by atoms with E-state index in [1.165, 1.54) is 16.2 Å². The number of nitrogens with zero attached hydrogens (tertiary/aromatic N) is 1. The molecule has 4 heteroatoms. The second-order valence-electron chi connectivity index (χ2n) is 7.60. The largest absolute Gasteiger partial charge is 0.456 e. The predicted octanol–water partition coefficient (Wildman–Crippen LogP) is 8.19. The van der Waals surface area contributed by atoms with Crippen LogP contribution in [0.2, 0.25) is 0 Å². The normalized spacial score (nSPS) is 12.2. The lowest BCUT2D eigenvalue weighted by Crippen LogP contribution is -1.93. The van der Waals surface area contributed by atoms with Gasteiger partial charge in [0, 0.05) is 33.3 Å². The average Bonchev–Trinajstić information content (AvgIpc) is 3.41. The van der Waals surface area contributed by atoms with Gasteiger partial charge in [-0.3, -0.25) is 4.57 Å². The van der Waals surface area contributed by atoms with Gasteiger partial charge in [-0.25, -0.2) is 0 Å². The molecular weight excluding hydrogens is 438 g/mol. The Bertz CT molecular complexity index is 1770. The first-order valence-electron chi connectivity index (χ1n) is 9.80. The first-order chi connectivity index (χ1) is 14.8. The minimum absolute atomic E-state index is 0.728. The Morgan fingerprint density at radius 1 is 0.600 bits per heavy atom. The molecular formula is C26H14BrNO2. The third kappa shape index (κ3) is 2.14. The fourth-order valence-electron chi connectivity index (χ4n) is 4.56. The van der Waals surface area contributed by atoms with Gasteiger partial charge in [-0.1, -0.05) is 42.5 Å². The van der Waals surface area contributed by atoms with E-state index >= 15 is 0 Å². The summed E-state index contributed by atoms with van der Waals surface area (Å²) in [5.74, 6) is 0. The van der Waals surface area contributed by atoms with Crippen molar-refractivity contribution < 1.29 is 8.83 Å². The summed E-state index contributed by atoms with van der Waals surface area (Å²) in [6.07, 6.45) is 0. The molecule has 0 amide bonds. The summed E-state index contributed by atoms with van der Waals surface area (Å²) in [5.41, 5.74) is 4.80. The molecule has 142 valence electrons. The monoisotopic (exact) mass is 451 g/mol. The number of benzene rings is 4. The number of para-hydroxylation sites is 1. The Morgan fingerprint density at radius 2 is 1.37 bits per heavy atom. The maximum Gasteiger partial charge on any atom is 0.213 e. The number of halogens is 1. The third-order valence-corrected chi connectivity index (χ3v) is 6.29. The lowest BCUT2D eigenvalue weighted by atomic mass is 10.1. The molecule has 0 unspecified atom stereocenters. The second-order valence-corrected chi connectivity index (χ2v) is 8.38. The van der Waals surface area contributed by atoms with Crippen molar-refractivity contribution in [2.24, 2.45) is 0 Å². The first kappa shape index (κ1) is 16.3. The van der Waals surface area contributed by atoms with Crippen molar-refractivity contribution in [1.29, 1.82) is 0 Å². The van der Waals surface area contributed by atoms with Crippen LogP contribution < -0.4 is 0 Å². The van der Waals surface area contributed by atoms with Crippen molar-refractivity contribution in [3.63, 3.8) is 0 Å². The van der Waals surface area contributed by atoms with Crippen molar-refractivity contribution in [2.45, 2.75) is 0 Å². The number of furan rings is 2. The zero-order valence-corrected chi connectivity index (χ0v) is 17.3. The van der Waals surface area contributed by atoms with Crippen LogP contribution in [0.15, 0.2) is 98.4 Å². The Hall–Kier alpha value is -3.50. The lowest BCUT2D eigenvalue weighted by Gasteiger charge is -2.07. The highest BCUT2D eigenvalue weighted by molar-refractivity contribution is 9.10. The Labute approximate surface area is 179 Å². The molecule has 7 aromatic rings. The number of hydrogen-bond donors (Lipinski definition) is 0. The molecule has 0 N–H and O–H groups in total. The molecule has 0 aliphatic rings. The highest BCUT2D eigenvalue weighted by Crippen LogP contribution is 2.39. The SMILES string of the molecule is Brc1cc2c3cc4ccccc4cc3n(-c3ccc4oc5ccccc5c4c3)c2o1. The van der Waals surface area contributed by atoms with Gasteiger partial charge in [0.05, 0.1) is 5.52 Å². The molecule has 0 bridgehead atoms. The van der Waals surface area contributed by atoms with E-state index in [9.17, 15) is 0 Å². The summed E-state index contributed by atoms with van der Waals surface area (Å²) >= 11 is 3.52. The molecule has 7 rings (SSSR count). The first-order valence-corrected chi connectivity index (χ1v) is 10.6. The van der Waals surface area contributed by atoms with Gasteiger partial charge in [0.2, 0.25) is 5.71 Å². The van der Waals surface area contributed by atoms with Gasteiger partial charge in [0.1, 0.15) is 11.2 Å². The van der Waals surface area contributed by atoms with Crippen LogP contribution in [0.5, 0.6) is 0 Å². The molecule has 4 aromatic carbocycles. The van der Waals surface area contributed by atoms with Crippen LogP contribution >= 0.6 is 15.9 Å². The van der Waals surface area contributed by atoms with E-state index in [0.29, 0.717) is 0 Å². The zero-order valence-electron chi connectivity index (χ0n) is 15.7. The van der Waals surface area contributed by atoms with Gasteiger partial charge in [0.15, 0.2) is 4.67 Å². The van der Waals surface area contributed by atoms with Gasteiger partial charge in [0.25, 0.3) is 0 Å². The quantitative estimate of drug-likeness (QED) is 0.251. The van der Waals surface area contributed by atoms with Crippen molar-refractivity contribution in [1.82, 2.24) is 4.57 Å². The van der Waals surface area contributed by atoms with Crippen molar-refractivity contribution in [3.8, 4) is 5.69 Å². The maximum absolute atomic E-state index is 6.10. The van der Waals surface area contributed by atoms with Crippen molar-refractivity contribution in [2.75, 3.05) is 0 Å². The van der Waals surface area contributed by atoms with Crippen LogP contribution in [0, 0.1) is 0 Å². The van der Waals surface area contributed by atoms with Crippen LogP contribution in [0.3, 0.4) is 0 Å². The van der Waals surface area contributed by atoms with Gasteiger partial charge < -0.3 is 8.83 Å². The second kappa shape index (κ2) is 5.77. The summed E-state index contributed by atoms with van der Waals surface area (Å²) < 4.78 is 15.0. The molecule has 0 spiro atoms. The average molecular weight is 452 g/mol. The molecule has 0 saturated carbocycles. The standard InChI is InChI=1S/C26H14BrNO2/c27-25-14-21-19-11-15-5-1-2-6-16(15)12-22(19)28(26(21)30-25)17-9-10-24-20(13-17)18-7-3-4-8-23(18)29-24/h1-14H. The molecule has 0 aliphatic carbocycles. The van der Waals surface area contributed by atoms with Crippen molar-refractivity contribution >= 4 is 70.6 Å². The summed E-state index contributed by atoms with van der Waals surface area (Å²) in [5, 5.41) is 6.92. The highest BCUT2D eigenvalue weighted by atomic mass is 79.9. The number of hydrogen-bond acceptors (Lipinski definition) is 2. The molecule has 3 aromatic heterocycles. The lowest BCUT2D eigenvalue weighted by molar-refractivity contribution is 0.569.